The van der Waals surface area contributed by atoms with E-state index in [1.165, 1.54) is 4.90 Å². The monoisotopic (exact) mass is 448 g/mol. The zero-order valence-corrected chi connectivity index (χ0v) is 16.6. The summed E-state index contributed by atoms with van der Waals surface area (Å²) in [6, 6.07) is 7.91. The molecule has 150 valence electrons. The summed E-state index contributed by atoms with van der Waals surface area (Å²) in [5, 5.41) is 3.36. The first kappa shape index (κ1) is 20.6. The molecule has 0 unspecified atom stereocenters. The molecule has 2 aliphatic heterocycles. The van der Waals surface area contributed by atoms with E-state index in [1.54, 1.807) is 0 Å². The van der Waals surface area contributed by atoms with Crippen molar-refractivity contribution in [3.05, 3.63) is 34.3 Å². The van der Waals surface area contributed by atoms with Gasteiger partial charge in [0.1, 0.15) is 0 Å². The van der Waals surface area contributed by atoms with Crippen molar-refractivity contribution in [2.45, 2.75) is 37.4 Å². The highest BCUT2D eigenvalue weighted by molar-refractivity contribution is 9.10. The number of amides is 1. The van der Waals surface area contributed by atoms with Gasteiger partial charge in [0.2, 0.25) is 5.91 Å². The van der Waals surface area contributed by atoms with Gasteiger partial charge in [0.25, 0.3) is 0 Å². The number of alkyl halides is 3. The van der Waals surface area contributed by atoms with Gasteiger partial charge >= 0.3 is 6.18 Å². The minimum absolute atomic E-state index is 0.0249. The Labute approximate surface area is 165 Å². The topological polar surface area (TPSA) is 41.6 Å². The van der Waals surface area contributed by atoms with Crippen molar-refractivity contribution in [1.82, 2.24) is 10.2 Å². The Kier molecular flexibility index (Phi) is 6.48. The number of hydrogen-bond donors (Lipinski definition) is 1. The number of likely N-dealkylation sites (tertiary alicyclic amines) is 1. The average Bonchev–Trinajstić information content (AvgIpc) is 2.66. The summed E-state index contributed by atoms with van der Waals surface area (Å²) in [5.41, 5.74) is 0.650. The lowest BCUT2D eigenvalue weighted by Crippen LogP contribution is -2.52. The molecule has 1 aromatic carbocycles. The van der Waals surface area contributed by atoms with E-state index >= 15 is 0 Å². The van der Waals surface area contributed by atoms with Crippen molar-refractivity contribution in [2.24, 2.45) is 5.92 Å². The van der Waals surface area contributed by atoms with E-state index in [-0.39, 0.29) is 25.4 Å². The van der Waals surface area contributed by atoms with E-state index in [4.69, 9.17) is 4.74 Å². The molecule has 0 saturated carbocycles. The van der Waals surface area contributed by atoms with Crippen molar-refractivity contribution in [1.29, 1.82) is 0 Å². The van der Waals surface area contributed by atoms with Crippen LogP contribution in [0.1, 0.15) is 31.2 Å². The van der Waals surface area contributed by atoms with Crippen LogP contribution < -0.4 is 5.32 Å². The summed E-state index contributed by atoms with van der Waals surface area (Å²) in [5.74, 6) is -1.69. The van der Waals surface area contributed by atoms with Crippen LogP contribution >= 0.6 is 15.9 Å². The van der Waals surface area contributed by atoms with Gasteiger partial charge < -0.3 is 9.64 Å². The smallest absolute Gasteiger partial charge is 0.381 e. The largest absolute Gasteiger partial charge is 0.393 e. The third-order valence-electron chi connectivity index (χ3n) is 5.54. The lowest BCUT2D eigenvalue weighted by Gasteiger charge is -2.40. The maximum atomic E-state index is 13.0. The van der Waals surface area contributed by atoms with Crippen molar-refractivity contribution < 1.29 is 22.7 Å². The van der Waals surface area contributed by atoms with Gasteiger partial charge in [0.15, 0.2) is 0 Å². The van der Waals surface area contributed by atoms with Crippen LogP contribution in [-0.2, 0) is 15.1 Å². The Morgan fingerprint density at radius 1 is 1.33 bits per heavy atom. The molecule has 2 saturated heterocycles. The quantitative estimate of drug-likeness (QED) is 0.760. The highest BCUT2D eigenvalue weighted by Gasteiger charge is 2.43. The third-order valence-corrected chi connectivity index (χ3v) is 6.03. The normalized spacial score (nSPS) is 23.3. The number of rotatable bonds is 4. The summed E-state index contributed by atoms with van der Waals surface area (Å²) in [4.78, 5) is 14.0. The molecule has 0 spiro atoms. The second kappa shape index (κ2) is 8.49. The molecule has 1 N–H and O–H groups in total. The van der Waals surface area contributed by atoms with Crippen molar-refractivity contribution >= 4 is 21.8 Å². The molecule has 8 heteroatoms. The van der Waals surface area contributed by atoms with Crippen LogP contribution in [0.2, 0.25) is 0 Å². The van der Waals surface area contributed by atoms with Crippen molar-refractivity contribution in [3.63, 3.8) is 0 Å². The van der Waals surface area contributed by atoms with Crippen LogP contribution in [0.15, 0.2) is 28.7 Å². The van der Waals surface area contributed by atoms with E-state index in [0.717, 1.165) is 10.0 Å². The minimum atomic E-state index is -4.25. The highest BCUT2D eigenvalue weighted by atomic mass is 79.9. The fraction of sp³-hybridized carbons (Fsp3) is 0.632. The summed E-state index contributed by atoms with van der Waals surface area (Å²) < 4.78 is 45.4. The van der Waals surface area contributed by atoms with Crippen LogP contribution in [0.4, 0.5) is 13.2 Å². The molecule has 2 aliphatic rings. The molecule has 0 bridgehead atoms. The zero-order chi connectivity index (χ0) is 19.5. The fourth-order valence-electron chi connectivity index (χ4n) is 3.90. The number of nitrogens with one attached hydrogen (secondary N) is 1. The Hall–Kier alpha value is -1.12. The fourth-order valence-corrected chi connectivity index (χ4v) is 4.30. The molecule has 2 heterocycles. The number of halogens is 4. The van der Waals surface area contributed by atoms with Gasteiger partial charge in [-0.1, -0.05) is 28.1 Å². The van der Waals surface area contributed by atoms with E-state index in [1.807, 2.05) is 24.3 Å². The predicted octanol–water partition coefficient (Wildman–Crippen LogP) is 3.85. The molecule has 0 aromatic heterocycles. The SMILES string of the molecule is O=C(CNC1(c2cccc(Br)c2)CCOCC1)N1CCC[C@H](C(F)(F)F)C1. The Bertz CT molecular complexity index is 663. The second-order valence-electron chi connectivity index (χ2n) is 7.28. The molecule has 0 aliphatic carbocycles. The molecule has 0 radical (unpaired) electrons. The number of benzene rings is 1. The van der Waals surface area contributed by atoms with Gasteiger partial charge in [-0.2, -0.15) is 13.2 Å². The summed E-state index contributed by atoms with van der Waals surface area (Å²) in [6.07, 6.45) is -2.34. The number of carbonyl (C=O) groups is 1. The predicted molar refractivity (Wildman–Crippen MR) is 99.2 cm³/mol. The molecule has 3 rings (SSSR count). The van der Waals surface area contributed by atoms with Gasteiger partial charge in [-0.25, -0.2) is 0 Å². The van der Waals surface area contributed by atoms with Crippen molar-refractivity contribution in [3.8, 4) is 0 Å². The van der Waals surface area contributed by atoms with Crippen molar-refractivity contribution in [2.75, 3.05) is 32.8 Å². The Morgan fingerprint density at radius 3 is 2.74 bits per heavy atom. The molecule has 2 fully saturated rings. The summed E-state index contributed by atoms with van der Waals surface area (Å²) >= 11 is 3.48. The Balaban J connectivity index is 1.68. The number of nitrogens with zero attached hydrogens (tertiary/aromatic N) is 1. The molecule has 1 atom stereocenters. The molecule has 4 nitrogen and oxygen atoms in total. The van der Waals surface area contributed by atoms with E-state index in [2.05, 4.69) is 21.2 Å². The van der Waals surface area contributed by atoms with Crippen LogP contribution in [0, 0.1) is 5.92 Å². The molecule has 1 aromatic rings. The second-order valence-corrected chi connectivity index (χ2v) is 8.19. The van der Waals surface area contributed by atoms with Crippen LogP contribution in [0.5, 0.6) is 0 Å². The van der Waals surface area contributed by atoms with E-state index in [9.17, 15) is 18.0 Å². The van der Waals surface area contributed by atoms with Gasteiger partial charge in [-0.15, -0.1) is 0 Å². The zero-order valence-electron chi connectivity index (χ0n) is 15.0. The van der Waals surface area contributed by atoms with Crippen LogP contribution in [0.25, 0.3) is 0 Å². The first-order valence-corrected chi connectivity index (χ1v) is 10.0. The number of ether oxygens (including phenoxy) is 1. The molecule has 1 amide bonds. The third kappa shape index (κ3) is 5.03. The number of hydrogen-bond acceptors (Lipinski definition) is 3. The number of carbonyl (C=O) groups excluding carboxylic acids is 1. The summed E-state index contributed by atoms with van der Waals surface area (Å²) in [7, 11) is 0. The molecular weight excluding hydrogens is 425 g/mol. The number of piperidine rings is 1. The lowest BCUT2D eigenvalue weighted by molar-refractivity contribution is -0.188. The first-order chi connectivity index (χ1) is 12.8. The lowest BCUT2D eigenvalue weighted by atomic mass is 9.82. The molecular formula is C19H24BrF3N2O2. The van der Waals surface area contributed by atoms with Crippen LogP contribution in [0.3, 0.4) is 0 Å². The van der Waals surface area contributed by atoms with E-state index < -0.39 is 17.6 Å². The van der Waals surface area contributed by atoms with Gasteiger partial charge in [0.05, 0.1) is 12.5 Å². The van der Waals surface area contributed by atoms with E-state index in [0.29, 0.717) is 39.0 Å². The standard InChI is InChI=1S/C19H24BrF3N2O2/c20-16-5-1-3-14(11-16)18(6-9-27-10-7-18)24-12-17(26)25-8-2-4-15(13-25)19(21,22)23/h1,3,5,11,15,24H,2,4,6-10,12-13H2/t15-/m0/s1. The van der Waals surface area contributed by atoms with Gasteiger partial charge in [-0.3, -0.25) is 10.1 Å². The minimum Gasteiger partial charge on any atom is -0.381 e. The van der Waals surface area contributed by atoms with Crippen LogP contribution in [-0.4, -0.2) is 49.8 Å². The summed E-state index contributed by atoms with van der Waals surface area (Å²) in [6.45, 7) is 1.33. The van der Waals surface area contributed by atoms with Gasteiger partial charge in [-0.05, 0) is 43.4 Å². The first-order valence-electron chi connectivity index (χ1n) is 9.23. The maximum absolute atomic E-state index is 13.0. The highest BCUT2D eigenvalue weighted by Crippen LogP contribution is 2.35. The average molecular weight is 449 g/mol. The molecule has 27 heavy (non-hydrogen) atoms. The Morgan fingerprint density at radius 2 is 2.07 bits per heavy atom. The van der Waals surface area contributed by atoms with Gasteiger partial charge in [0, 0.05) is 36.3 Å². The maximum Gasteiger partial charge on any atom is 0.393 e.